The summed E-state index contributed by atoms with van der Waals surface area (Å²) in [5.41, 5.74) is 2.50. The van der Waals surface area contributed by atoms with Crippen LogP contribution in [0.25, 0.3) is 0 Å². The quantitative estimate of drug-likeness (QED) is 0.916. The highest BCUT2D eigenvalue weighted by Crippen LogP contribution is 2.33. The van der Waals surface area contributed by atoms with Crippen molar-refractivity contribution in [1.82, 2.24) is 5.32 Å². The number of nitrogens with zero attached hydrogens (tertiary/aromatic N) is 1. The van der Waals surface area contributed by atoms with Crippen LogP contribution in [0.5, 0.6) is 0 Å². The maximum Gasteiger partial charge on any atom is 0.0471 e. The van der Waals surface area contributed by atoms with Gasteiger partial charge in [0.2, 0.25) is 0 Å². The first-order valence-electron chi connectivity index (χ1n) is 6.45. The molecule has 4 heteroatoms. The fourth-order valence-electron chi connectivity index (χ4n) is 2.44. The third-order valence-corrected chi connectivity index (χ3v) is 5.33. The summed E-state index contributed by atoms with van der Waals surface area (Å²) in [6.07, 6.45) is 0. The minimum absolute atomic E-state index is 0.554. The van der Waals surface area contributed by atoms with Crippen molar-refractivity contribution in [3.63, 3.8) is 0 Å². The zero-order chi connectivity index (χ0) is 13.1. The molecular weight excluding hydrogens is 264 g/mol. The van der Waals surface area contributed by atoms with Crippen molar-refractivity contribution in [2.45, 2.75) is 31.7 Å². The molecule has 100 valence electrons. The number of nitrogens with one attached hydrogen (secondary N) is 1. The fourth-order valence-corrected chi connectivity index (χ4v) is 3.78. The van der Waals surface area contributed by atoms with E-state index >= 15 is 0 Å². The average Bonchev–Trinajstić information content (AvgIpc) is 2.36. The van der Waals surface area contributed by atoms with Gasteiger partial charge in [0.1, 0.15) is 0 Å². The molecule has 0 spiro atoms. The highest BCUT2D eigenvalue weighted by Gasteiger charge is 2.27. The molecule has 1 aliphatic heterocycles. The zero-order valence-electron chi connectivity index (χ0n) is 11.2. The Morgan fingerprint density at radius 1 is 1.44 bits per heavy atom. The molecular formula is C14H21ClN2S. The first kappa shape index (κ1) is 14.0. The molecule has 1 N–H and O–H groups in total. The number of anilines is 1. The molecule has 0 radical (unpaired) electrons. The van der Waals surface area contributed by atoms with Crippen LogP contribution in [-0.2, 0) is 6.54 Å². The Morgan fingerprint density at radius 3 is 2.94 bits per heavy atom. The predicted octanol–water partition coefficient (Wildman–Crippen LogP) is 3.39. The Hall–Kier alpha value is -0.380. The van der Waals surface area contributed by atoms with Crippen LogP contribution in [0.15, 0.2) is 18.2 Å². The van der Waals surface area contributed by atoms with Crippen molar-refractivity contribution < 1.29 is 0 Å². The average molecular weight is 285 g/mol. The minimum Gasteiger partial charge on any atom is -0.367 e. The molecule has 0 aliphatic carbocycles. The first-order chi connectivity index (χ1) is 8.65. The summed E-state index contributed by atoms with van der Waals surface area (Å²) in [6, 6.07) is 6.77. The number of halogens is 1. The van der Waals surface area contributed by atoms with Crippen molar-refractivity contribution in [2.75, 3.05) is 24.2 Å². The Bertz CT molecular complexity index is 411. The maximum atomic E-state index is 6.34. The van der Waals surface area contributed by atoms with E-state index in [0.717, 1.165) is 18.1 Å². The molecule has 0 amide bonds. The summed E-state index contributed by atoms with van der Waals surface area (Å²) in [4.78, 5) is 2.50. The van der Waals surface area contributed by atoms with Gasteiger partial charge in [-0.3, -0.25) is 0 Å². The van der Waals surface area contributed by atoms with E-state index in [1.807, 2.05) is 13.1 Å². The third kappa shape index (κ3) is 2.79. The molecule has 2 nitrogen and oxygen atoms in total. The summed E-state index contributed by atoms with van der Waals surface area (Å²) in [5.74, 6) is 1.19. The lowest BCUT2D eigenvalue weighted by atomic mass is 10.1. The van der Waals surface area contributed by atoms with E-state index in [4.69, 9.17) is 11.6 Å². The lowest BCUT2D eigenvalue weighted by Gasteiger charge is -2.40. The van der Waals surface area contributed by atoms with Gasteiger partial charge >= 0.3 is 0 Å². The van der Waals surface area contributed by atoms with E-state index in [1.165, 1.54) is 17.0 Å². The lowest BCUT2D eigenvalue weighted by Crippen LogP contribution is -2.45. The topological polar surface area (TPSA) is 15.3 Å². The summed E-state index contributed by atoms with van der Waals surface area (Å²) in [5, 5.41) is 4.74. The molecule has 2 rings (SSSR count). The summed E-state index contributed by atoms with van der Waals surface area (Å²) in [6.45, 7) is 6.54. The Morgan fingerprint density at radius 2 is 2.22 bits per heavy atom. The summed E-state index contributed by atoms with van der Waals surface area (Å²) < 4.78 is 0. The number of hydrogen-bond donors (Lipinski definition) is 1. The second-order valence-corrected chi connectivity index (χ2v) is 6.67. The molecule has 2 unspecified atom stereocenters. The van der Waals surface area contributed by atoms with Crippen LogP contribution in [0, 0.1) is 0 Å². The largest absolute Gasteiger partial charge is 0.367 e. The molecule has 0 aromatic heterocycles. The molecule has 2 atom stereocenters. The van der Waals surface area contributed by atoms with Gasteiger partial charge in [-0.2, -0.15) is 11.8 Å². The Kier molecular flexibility index (Phi) is 4.82. The van der Waals surface area contributed by atoms with Crippen molar-refractivity contribution in [1.29, 1.82) is 0 Å². The smallest absolute Gasteiger partial charge is 0.0471 e. The molecule has 1 fully saturated rings. The molecule has 1 saturated heterocycles. The van der Waals surface area contributed by atoms with E-state index < -0.39 is 0 Å². The second kappa shape index (κ2) is 6.18. The maximum absolute atomic E-state index is 6.34. The van der Waals surface area contributed by atoms with Gasteiger partial charge in [0, 0.05) is 46.4 Å². The van der Waals surface area contributed by atoms with Crippen LogP contribution < -0.4 is 10.2 Å². The molecule has 18 heavy (non-hydrogen) atoms. The molecule has 1 aromatic rings. The fraction of sp³-hybridized carbons (Fsp3) is 0.571. The van der Waals surface area contributed by atoms with Crippen LogP contribution in [0.2, 0.25) is 5.02 Å². The van der Waals surface area contributed by atoms with Gasteiger partial charge in [-0.25, -0.2) is 0 Å². The van der Waals surface area contributed by atoms with Gasteiger partial charge in [0.25, 0.3) is 0 Å². The predicted molar refractivity (Wildman–Crippen MR) is 82.9 cm³/mol. The first-order valence-corrected chi connectivity index (χ1v) is 7.88. The Labute approximate surface area is 119 Å². The molecule has 1 aliphatic rings. The highest BCUT2D eigenvalue weighted by atomic mass is 35.5. The molecule has 1 aromatic carbocycles. The van der Waals surface area contributed by atoms with E-state index in [9.17, 15) is 0 Å². The van der Waals surface area contributed by atoms with Gasteiger partial charge in [0.15, 0.2) is 0 Å². The van der Waals surface area contributed by atoms with Gasteiger partial charge in [0.05, 0.1) is 0 Å². The van der Waals surface area contributed by atoms with E-state index in [1.54, 1.807) is 0 Å². The van der Waals surface area contributed by atoms with E-state index in [-0.39, 0.29) is 0 Å². The van der Waals surface area contributed by atoms with Crippen LogP contribution in [0.3, 0.4) is 0 Å². The van der Waals surface area contributed by atoms with Crippen molar-refractivity contribution in [3.8, 4) is 0 Å². The van der Waals surface area contributed by atoms with Crippen molar-refractivity contribution in [2.24, 2.45) is 0 Å². The van der Waals surface area contributed by atoms with Gasteiger partial charge in [-0.15, -0.1) is 0 Å². The minimum atomic E-state index is 0.554. The third-order valence-electron chi connectivity index (χ3n) is 3.64. The van der Waals surface area contributed by atoms with Gasteiger partial charge in [-0.05, 0) is 26.1 Å². The van der Waals surface area contributed by atoms with E-state index in [2.05, 4.69) is 48.0 Å². The number of thioether (sulfide) groups is 1. The van der Waals surface area contributed by atoms with E-state index in [0.29, 0.717) is 11.3 Å². The van der Waals surface area contributed by atoms with Crippen LogP contribution in [-0.4, -0.2) is 30.6 Å². The van der Waals surface area contributed by atoms with Gasteiger partial charge < -0.3 is 10.2 Å². The second-order valence-electron chi connectivity index (χ2n) is 4.78. The number of hydrogen-bond acceptors (Lipinski definition) is 3. The monoisotopic (exact) mass is 284 g/mol. The standard InChI is InChI=1S/C14H21ClN2S/c1-10-11(2)18-8-7-17(10)14-6-4-5-13(15)12(14)9-16-3/h4-6,10-11,16H,7-9H2,1-3H3. The lowest BCUT2D eigenvalue weighted by molar-refractivity contribution is 0.623. The SMILES string of the molecule is CNCc1c(Cl)cccc1N1CCSC(C)C1C. The summed E-state index contributed by atoms with van der Waals surface area (Å²) in [7, 11) is 1.96. The normalized spacial score (nSPS) is 24.3. The van der Waals surface area contributed by atoms with Crippen LogP contribution >= 0.6 is 23.4 Å². The van der Waals surface area contributed by atoms with Crippen molar-refractivity contribution in [3.05, 3.63) is 28.8 Å². The zero-order valence-corrected chi connectivity index (χ0v) is 12.8. The van der Waals surface area contributed by atoms with Crippen LogP contribution in [0.4, 0.5) is 5.69 Å². The molecule has 0 bridgehead atoms. The van der Waals surface area contributed by atoms with Crippen molar-refractivity contribution >= 4 is 29.1 Å². The number of rotatable bonds is 3. The summed E-state index contributed by atoms with van der Waals surface area (Å²) >= 11 is 8.40. The molecule has 1 heterocycles. The molecule has 0 saturated carbocycles. The van der Waals surface area contributed by atoms with Crippen LogP contribution in [0.1, 0.15) is 19.4 Å². The number of benzene rings is 1. The Balaban J connectivity index is 2.34. The van der Waals surface area contributed by atoms with Gasteiger partial charge in [-0.1, -0.05) is 24.6 Å². The highest BCUT2D eigenvalue weighted by molar-refractivity contribution is 8.00.